The van der Waals surface area contributed by atoms with E-state index in [1.54, 1.807) is 13.3 Å². The topological polar surface area (TPSA) is 77.4 Å². The Kier molecular flexibility index (Phi) is 5.55. The van der Waals surface area contributed by atoms with Gasteiger partial charge in [-0.1, -0.05) is 18.2 Å². The maximum absolute atomic E-state index is 12.4. The van der Waals surface area contributed by atoms with Crippen molar-refractivity contribution in [1.82, 2.24) is 20.2 Å². The van der Waals surface area contributed by atoms with E-state index in [9.17, 15) is 4.79 Å². The predicted molar refractivity (Wildman–Crippen MR) is 93.5 cm³/mol. The fourth-order valence-electron chi connectivity index (χ4n) is 3.01. The molecule has 2 atom stereocenters. The number of hydrogen-bond acceptors (Lipinski definition) is 4. The van der Waals surface area contributed by atoms with Gasteiger partial charge in [0.25, 0.3) is 0 Å². The Morgan fingerprint density at radius 3 is 3.00 bits per heavy atom. The molecule has 25 heavy (non-hydrogen) atoms. The Labute approximate surface area is 147 Å². The molecule has 1 aliphatic heterocycles. The number of aryl methyl sites for hydroxylation is 1. The minimum Gasteiger partial charge on any atom is -0.496 e. The van der Waals surface area contributed by atoms with Crippen LogP contribution in [-0.2, 0) is 11.8 Å². The Morgan fingerprint density at radius 1 is 1.48 bits per heavy atom. The van der Waals surface area contributed by atoms with E-state index >= 15 is 0 Å². The van der Waals surface area contributed by atoms with Crippen LogP contribution in [0.25, 0.3) is 0 Å². The molecule has 2 N–H and O–H groups in total. The molecular formula is C18H24N4O3. The Bertz CT molecular complexity index is 710. The van der Waals surface area contributed by atoms with Crippen molar-refractivity contribution in [3.05, 3.63) is 48.0 Å². The third-order valence-corrected chi connectivity index (χ3v) is 4.42. The van der Waals surface area contributed by atoms with Gasteiger partial charge in [-0.15, -0.1) is 0 Å². The number of methoxy groups -OCH3 is 1. The lowest BCUT2D eigenvalue weighted by Crippen LogP contribution is -2.41. The van der Waals surface area contributed by atoms with Gasteiger partial charge in [0.1, 0.15) is 17.6 Å². The number of carbonyl (C=O) groups excluding carboxylic acids is 1. The van der Waals surface area contributed by atoms with Crippen molar-refractivity contribution >= 4 is 6.03 Å². The molecule has 134 valence electrons. The SMILES string of the molecule is COc1ccccc1[C@H](NC(=O)NC[C@H]1CCOC1)c1nccn1C. The van der Waals surface area contributed by atoms with Crippen LogP contribution in [0.5, 0.6) is 5.75 Å². The molecule has 1 saturated heterocycles. The van der Waals surface area contributed by atoms with Gasteiger partial charge in [-0.05, 0) is 12.5 Å². The highest BCUT2D eigenvalue weighted by Gasteiger charge is 2.24. The molecule has 1 aliphatic rings. The van der Waals surface area contributed by atoms with Crippen LogP contribution in [0.4, 0.5) is 4.79 Å². The number of carbonyl (C=O) groups is 1. The Hall–Kier alpha value is -2.54. The van der Waals surface area contributed by atoms with Crippen LogP contribution in [0.2, 0.25) is 0 Å². The van der Waals surface area contributed by atoms with Crippen molar-refractivity contribution < 1.29 is 14.3 Å². The molecule has 0 spiro atoms. The lowest BCUT2D eigenvalue weighted by atomic mass is 10.0. The monoisotopic (exact) mass is 344 g/mol. The van der Waals surface area contributed by atoms with Crippen molar-refractivity contribution in [2.45, 2.75) is 12.5 Å². The average molecular weight is 344 g/mol. The second kappa shape index (κ2) is 8.02. The number of nitrogens with zero attached hydrogens (tertiary/aromatic N) is 2. The number of urea groups is 1. The third-order valence-electron chi connectivity index (χ3n) is 4.42. The minimum atomic E-state index is -0.407. The summed E-state index contributed by atoms with van der Waals surface area (Å²) in [5.41, 5.74) is 0.860. The molecule has 7 heteroatoms. The molecule has 7 nitrogen and oxygen atoms in total. The maximum Gasteiger partial charge on any atom is 0.315 e. The number of rotatable bonds is 6. The summed E-state index contributed by atoms with van der Waals surface area (Å²) in [4.78, 5) is 16.9. The standard InChI is InChI=1S/C18H24N4O3/c1-22-9-8-19-17(22)16(14-5-3-4-6-15(14)24-2)21-18(23)20-11-13-7-10-25-12-13/h3-6,8-9,13,16H,7,10-12H2,1-2H3,(H2,20,21,23)/t13-,16+/m1/s1. The van der Waals surface area contributed by atoms with Crippen molar-refractivity contribution in [3.63, 3.8) is 0 Å². The van der Waals surface area contributed by atoms with E-state index in [0.717, 1.165) is 24.4 Å². The molecule has 0 bridgehead atoms. The molecule has 1 aromatic carbocycles. The fourth-order valence-corrected chi connectivity index (χ4v) is 3.01. The number of benzene rings is 1. The van der Waals surface area contributed by atoms with Crippen molar-refractivity contribution in [2.24, 2.45) is 13.0 Å². The number of imidazole rings is 1. The summed E-state index contributed by atoms with van der Waals surface area (Å²) in [7, 11) is 3.52. The number of nitrogens with one attached hydrogen (secondary N) is 2. The molecule has 0 aliphatic carbocycles. The zero-order chi connectivity index (χ0) is 17.6. The first-order chi connectivity index (χ1) is 12.2. The maximum atomic E-state index is 12.4. The largest absolute Gasteiger partial charge is 0.496 e. The summed E-state index contributed by atoms with van der Waals surface area (Å²) >= 11 is 0. The van der Waals surface area contributed by atoms with Gasteiger partial charge >= 0.3 is 6.03 Å². The number of hydrogen-bond donors (Lipinski definition) is 2. The van der Waals surface area contributed by atoms with Crippen molar-refractivity contribution in [2.75, 3.05) is 26.9 Å². The highest BCUT2D eigenvalue weighted by atomic mass is 16.5. The number of amides is 2. The zero-order valence-corrected chi connectivity index (χ0v) is 14.6. The molecule has 0 saturated carbocycles. The van der Waals surface area contributed by atoms with Crippen molar-refractivity contribution in [3.8, 4) is 5.75 Å². The molecule has 2 heterocycles. The summed E-state index contributed by atoms with van der Waals surface area (Å²) in [5, 5.41) is 5.96. The van der Waals surface area contributed by atoms with Gasteiger partial charge in [0.05, 0.1) is 13.7 Å². The lowest BCUT2D eigenvalue weighted by Gasteiger charge is -2.22. The molecule has 3 rings (SSSR count). The van der Waals surface area contributed by atoms with Gasteiger partial charge in [-0.2, -0.15) is 0 Å². The first kappa shape index (κ1) is 17.3. The summed E-state index contributed by atoms with van der Waals surface area (Å²) in [5.74, 6) is 1.83. The number of para-hydroxylation sites is 1. The molecule has 1 fully saturated rings. The average Bonchev–Trinajstić information content (AvgIpc) is 3.29. The van der Waals surface area contributed by atoms with E-state index in [-0.39, 0.29) is 6.03 Å². The minimum absolute atomic E-state index is 0.231. The van der Waals surface area contributed by atoms with E-state index in [2.05, 4.69) is 15.6 Å². The lowest BCUT2D eigenvalue weighted by molar-refractivity contribution is 0.185. The van der Waals surface area contributed by atoms with Crippen LogP contribution in [-0.4, -0.2) is 42.5 Å². The fraction of sp³-hybridized carbons (Fsp3) is 0.444. The van der Waals surface area contributed by atoms with E-state index in [0.29, 0.717) is 24.8 Å². The van der Waals surface area contributed by atoms with E-state index in [4.69, 9.17) is 9.47 Å². The Balaban J connectivity index is 1.77. The van der Waals surface area contributed by atoms with Gasteiger partial charge < -0.3 is 24.7 Å². The molecular weight excluding hydrogens is 320 g/mol. The summed E-state index contributed by atoms with van der Waals surface area (Å²) in [6.45, 7) is 2.08. The number of ether oxygens (including phenoxy) is 2. The summed E-state index contributed by atoms with van der Waals surface area (Å²) < 4.78 is 12.7. The first-order valence-electron chi connectivity index (χ1n) is 8.41. The summed E-state index contributed by atoms with van der Waals surface area (Å²) in [6, 6.07) is 6.99. The van der Waals surface area contributed by atoms with E-state index in [1.807, 2.05) is 42.1 Å². The first-order valence-corrected chi connectivity index (χ1v) is 8.41. The zero-order valence-electron chi connectivity index (χ0n) is 14.6. The van der Waals surface area contributed by atoms with Gasteiger partial charge in [0.2, 0.25) is 0 Å². The molecule has 1 aromatic heterocycles. The van der Waals surface area contributed by atoms with Crippen LogP contribution >= 0.6 is 0 Å². The van der Waals surface area contributed by atoms with Crippen LogP contribution in [0.1, 0.15) is 23.9 Å². The highest BCUT2D eigenvalue weighted by Crippen LogP contribution is 2.28. The second-order valence-corrected chi connectivity index (χ2v) is 6.16. The molecule has 2 aromatic rings. The quantitative estimate of drug-likeness (QED) is 0.838. The summed E-state index contributed by atoms with van der Waals surface area (Å²) in [6.07, 6.45) is 4.55. The smallest absolute Gasteiger partial charge is 0.315 e. The molecule has 0 radical (unpaired) electrons. The van der Waals surface area contributed by atoms with Crippen LogP contribution in [0, 0.1) is 5.92 Å². The van der Waals surface area contributed by atoms with Crippen LogP contribution in [0.15, 0.2) is 36.7 Å². The third kappa shape index (κ3) is 4.11. The number of aromatic nitrogens is 2. The van der Waals surface area contributed by atoms with Gasteiger partial charge in [0.15, 0.2) is 0 Å². The molecule has 0 unspecified atom stereocenters. The van der Waals surface area contributed by atoms with Crippen molar-refractivity contribution in [1.29, 1.82) is 0 Å². The van der Waals surface area contributed by atoms with E-state index < -0.39 is 6.04 Å². The molecule has 2 amide bonds. The second-order valence-electron chi connectivity index (χ2n) is 6.16. The predicted octanol–water partition coefficient (Wildman–Crippen LogP) is 1.85. The Morgan fingerprint density at radius 2 is 2.32 bits per heavy atom. The van der Waals surface area contributed by atoms with Crippen LogP contribution in [0.3, 0.4) is 0 Å². The van der Waals surface area contributed by atoms with E-state index in [1.165, 1.54) is 0 Å². The van der Waals surface area contributed by atoms with Gasteiger partial charge in [-0.25, -0.2) is 9.78 Å². The normalized spacial score (nSPS) is 17.9. The highest BCUT2D eigenvalue weighted by molar-refractivity contribution is 5.75. The van der Waals surface area contributed by atoms with Crippen LogP contribution < -0.4 is 15.4 Å². The van der Waals surface area contributed by atoms with Gasteiger partial charge in [-0.3, -0.25) is 0 Å². The van der Waals surface area contributed by atoms with Gasteiger partial charge in [0, 0.05) is 44.1 Å².